The van der Waals surface area contributed by atoms with Crippen molar-refractivity contribution in [2.75, 3.05) is 13.2 Å². The van der Waals surface area contributed by atoms with Crippen LogP contribution in [0.25, 0.3) is 0 Å². The average molecular weight is 1120 g/mol. The quantitative estimate of drug-likeness (QED) is 0.0261. The Kier molecular flexibility index (Phi) is 62.9. The Hall–Kier alpha value is -5.23. The first-order valence-electron chi connectivity index (χ1n) is 32.6. The van der Waals surface area contributed by atoms with Gasteiger partial charge in [-0.2, -0.15) is 0 Å². The van der Waals surface area contributed by atoms with Crippen molar-refractivity contribution in [1.82, 2.24) is 0 Å². The van der Waals surface area contributed by atoms with E-state index in [4.69, 9.17) is 14.2 Å². The van der Waals surface area contributed by atoms with Crippen molar-refractivity contribution in [2.45, 2.75) is 271 Å². The summed E-state index contributed by atoms with van der Waals surface area (Å²) in [7, 11) is 0. The second kappa shape index (κ2) is 67.3. The number of hydrogen-bond donors (Lipinski definition) is 0. The fourth-order valence-corrected chi connectivity index (χ4v) is 8.43. The van der Waals surface area contributed by atoms with Crippen LogP contribution < -0.4 is 0 Å². The third kappa shape index (κ3) is 65.5. The van der Waals surface area contributed by atoms with E-state index in [0.717, 1.165) is 180 Å². The van der Waals surface area contributed by atoms with Gasteiger partial charge in [0.05, 0.1) is 0 Å². The molecule has 454 valence electrons. The van der Waals surface area contributed by atoms with Gasteiger partial charge in [0.1, 0.15) is 13.2 Å². The van der Waals surface area contributed by atoms with Crippen LogP contribution in [0.4, 0.5) is 0 Å². The molecule has 6 nitrogen and oxygen atoms in total. The Balaban J connectivity index is 4.42. The highest BCUT2D eigenvalue weighted by Crippen LogP contribution is 2.15. The number of hydrogen-bond acceptors (Lipinski definition) is 6. The molecule has 0 amide bonds. The van der Waals surface area contributed by atoms with E-state index in [2.05, 4.69) is 191 Å². The first-order valence-corrected chi connectivity index (χ1v) is 32.6. The highest BCUT2D eigenvalue weighted by Gasteiger charge is 2.19. The molecule has 0 rings (SSSR count). The van der Waals surface area contributed by atoms with Crippen molar-refractivity contribution in [1.29, 1.82) is 0 Å². The van der Waals surface area contributed by atoms with E-state index < -0.39 is 6.10 Å². The van der Waals surface area contributed by atoms with E-state index in [0.29, 0.717) is 12.8 Å². The summed E-state index contributed by atoms with van der Waals surface area (Å²) < 4.78 is 16.9. The highest BCUT2D eigenvalue weighted by molar-refractivity contribution is 5.71. The first-order chi connectivity index (χ1) is 40.0. The van der Waals surface area contributed by atoms with Gasteiger partial charge in [0.25, 0.3) is 0 Å². The van der Waals surface area contributed by atoms with Crippen LogP contribution in [-0.4, -0.2) is 37.2 Å². The van der Waals surface area contributed by atoms with E-state index in [1.54, 1.807) is 0 Å². The molecule has 0 aliphatic carbocycles. The molecule has 6 heteroatoms. The minimum Gasteiger partial charge on any atom is -0.462 e. The number of rotatable bonds is 57. The topological polar surface area (TPSA) is 78.9 Å². The zero-order valence-corrected chi connectivity index (χ0v) is 52.0. The molecule has 0 N–H and O–H groups in total. The van der Waals surface area contributed by atoms with Crippen molar-refractivity contribution < 1.29 is 28.6 Å². The number of allylic oxidation sites excluding steroid dienone is 28. The van der Waals surface area contributed by atoms with Gasteiger partial charge in [-0.05, 0) is 148 Å². The van der Waals surface area contributed by atoms with E-state index in [9.17, 15) is 14.4 Å². The molecule has 0 aromatic carbocycles. The molecule has 0 saturated heterocycles. The predicted molar refractivity (Wildman–Crippen MR) is 352 cm³/mol. The SMILES string of the molecule is CC/C=C\C/C=C\C/C=C\C/C=C\C/C=C\C/C=C\CCCCCCCCCCCCC(=O)OCC(COC(=O)CCCCCC/C=C\C/C=C\C/C=C\C/C=C\CC)OC(=O)CCCCCC/C=C\C/C=C\C/C=C\C/C=C\CC. The van der Waals surface area contributed by atoms with E-state index in [1.165, 1.54) is 44.9 Å². The molecular formula is C75H118O6. The molecule has 81 heavy (non-hydrogen) atoms. The van der Waals surface area contributed by atoms with Crippen LogP contribution in [0.5, 0.6) is 0 Å². The molecule has 0 aromatic rings. The third-order valence-corrected chi connectivity index (χ3v) is 13.2. The van der Waals surface area contributed by atoms with Crippen LogP contribution in [0.3, 0.4) is 0 Å². The van der Waals surface area contributed by atoms with E-state index in [1.807, 2.05) is 0 Å². The van der Waals surface area contributed by atoms with E-state index in [-0.39, 0.29) is 37.5 Å². The van der Waals surface area contributed by atoms with Gasteiger partial charge in [0.2, 0.25) is 0 Å². The number of unbranched alkanes of at least 4 members (excludes halogenated alkanes) is 18. The highest BCUT2D eigenvalue weighted by atomic mass is 16.6. The Morgan fingerprint density at radius 1 is 0.247 bits per heavy atom. The molecule has 0 aromatic heterocycles. The monoisotopic (exact) mass is 1110 g/mol. The summed E-state index contributed by atoms with van der Waals surface area (Å²) in [6.07, 6.45) is 99.3. The largest absolute Gasteiger partial charge is 0.462 e. The Morgan fingerprint density at radius 2 is 0.444 bits per heavy atom. The molecule has 0 heterocycles. The number of carbonyl (C=O) groups is 3. The minimum atomic E-state index is -0.814. The van der Waals surface area contributed by atoms with E-state index >= 15 is 0 Å². The molecule has 0 spiro atoms. The predicted octanol–water partition coefficient (Wildman–Crippen LogP) is 22.7. The van der Waals surface area contributed by atoms with Crippen LogP contribution in [0.2, 0.25) is 0 Å². The average Bonchev–Trinajstić information content (AvgIpc) is 3.47. The lowest BCUT2D eigenvalue weighted by molar-refractivity contribution is -0.167. The summed E-state index contributed by atoms with van der Waals surface area (Å²) >= 11 is 0. The summed E-state index contributed by atoms with van der Waals surface area (Å²) in [6.45, 7) is 6.25. The molecule has 1 unspecified atom stereocenters. The number of ether oxygens (including phenoxy) is 3. The summed E-state index contributed by atoms with van der Waals surface area (Å²) in [4.78, 5) is 38.4. The fraction of sp³-hybridized carbons (Fsp3) is 0.587. The first kappa shape index (κ1) is 75.8. The van der Waals surface area contributed by atoms with Gasteiger partial charge in [-0.25, -0.2) is 0 Å². The summed E-state index contributed by atoms with van der Waals surface area (Å²) in [5.41, 5.74) is 0. The Bertz CT molecular complexity index is 1860. The van der Waals surface area contributed by atoms with Gasteiger partial charge in [0, 0.05) is 19.3 Å². The lowest BCUT2D eigenvalue weighted by atomic mass is 10.1. The summed E-state index contributed by atoms with van der Waals surface area (Å²) in [5.74, 6) is -0.962. The maximum absolute atomic E-state index is 12.9. The summed E-state index contributed by atoms with van der Waals surface area (Å²) in [5, 5.41) is 0. The van der Waals surface area contributed by atoms with Crippen LogP contribution in [-0.2, 0) is 28.6 Å². The van der Waals surface area contributed by atoms with Gasteiger partial charge in [-0.1, -0.05) is 268 Å². The maximum Gasteiger partial charge on any atom is 0.306 e. The zero-order chi connectivity index (χ0) is 58.5. The molecule has 0 aliphatic rings. The lowest BCUT2D eigenvalue weighted by Crippen LogP contribution is -2.30. The molecule has 0 aliphatic heterocycles. The molecule has 0 fully saturated rings. The molecule has 0 radical (unpaired) electrons. The maximum atomic E-state index is 12.9. The number of carbonyl (C=O) groups excluding carboxylic acids is 3. The fourth-order valence-electron chi connectivity index (χ4n) is 8.43. The lowest BCUT2D eigenvalue weighted by Gasteiger charge is -2.18. The normalized spacial score (nSPS) is 13.3. The molecule has 1 atom stereocenters. The van der Waals surface area contributed by atoms with Gasteiger partial charge in [-0.15, -0.1) is 0 Å². The van der Waals surface area contributed by atoms with Gasteiger partial charge < -0.3 is 14.2 Å². The smallest absolute Gasteiger partial charge is 0.306 e. The van der Waals surface area contributed by atoms with Crippen LogP contribution in [0.1, 0.15) is 265 Å². The summed E-state index contributed by atoms with van der Waals surface area (Å²) in [6, 6.07) is 0. The van der Waals surface area contributed by atoms with Crippen molar-refractivity contribution in [3.8, 4) is 0 Å². The van der Waals surface area contributed by atoms with Gasteiger partial charge in [-0.3, -0.25) is 14.4 Å². The van der Waals surface area contributed by atoms with Crippen molar-refractivity contribution in [2.24, 2.45) is 0 Å². The minimum absolute atomic E-state index is 0.106. The second-order valence-electron chi connectivity index (χ2n) is 20.9. The van der Waals surface area contributed by atoms with Crippen molar-refractivity contribution >= 4 is 17.9 Å². The van der Waals surface area contributed by atoms with Crippen molar-refractivity contribution in [3.05, 3.63) is 170 Å². The third-order valence-electron chi connectivity index (χ3n) is 13.2. The van der Waals surface area contributed by atoms with Crippen LogP contribution in [0, 0.1) is 0 Å². The molecule has 0 saturated carbocycles. The zero-order valence-electron chi connectivity index (χ0n) is 52.0. The standard InChI is InChI=1S/C75H118O6/c1-4-7-10-13-16-19-22-25-28-31-32-33-34-35-36-37-38-39-40-41-42-45-47-50-53-56-59-62-65-68-74(77)80-71-72(81-75(78)69-66-63-60-57-54-51-48-44-30-27-24-21-18-15-12-9-6-3)70-79-73(76)67-64-61-58-55-52-49-46-43-29-26-23-20-17-14-11-8-5-2/h7-12,16-21,25-30,32-33,35-36,38-39,46,48-49,51,72H,4-6,13-15,22-24,31,34,37,40-45,47,50,52-71H2,1-3H3/b10-7-,11-8-,12-9-,19-16-,20-17-,21-18-,28-25-,29-26-,30-27-,33-32-,36-35-,39-38-,49-46-,51-48-. The van der Waals surface area contributed by atoms with Gasteiger partial charge in [0.15, 0.2) is 6.10 Å². The van der Waals surface area contributed by atoms with Crippen molar-refractivity contribution in [3.63, 3.8) is 0 Å². The van der Waals surface area contributed by atoms with Crippen LogP contribution >= 0.6 is 0 Å². The Morgan fingerprint density at radius 3 is 0.691 bits per heavy atom. The Labute approximate surface area is 498 Å². The van der Waals surface area contributed by atoms with Crippen LogP contribution in [0.15, 0.2) is 170 Å². The second-order valence-corrected chi connectivity index (χ2v) is 20.9. The van der Waals surface area contributed by atoms with Gasteiger partial charge >= 0.3 is 17.9 Å². The molecule has 0 bridgehead atoms. The molecular weight excluding hydrogens is 997 g/mol. The number of esters is 3.